The van der Waals surface area contributed by atoms with Gasteiger partial charge in [-0.15, -0.1) is 0 Å². The standard InChI is InChI=1S/C33H35N7O5/c1-20-33-40-27(19-45-33)32(44)39-26(17-22-11-5-3-6-12-22)30(42)34-16-10-9-15-25(31(43)36-20)38-29(41)24-18-35-21(2)37-28(24)23-13-7-4-8-14-23/h3-8,11-14,18-20,25-26H,9-10,15-17H2,1-2H3,(H,34,42)(H,36,43)(H,38,41)(H,39,44)/t20-,25-,26-/m0/s1. The molecule has 232 valence electrons. The van der Waals surface area contributed by atoms with Gasteiger partial charge in [0.15, 0.2) is 5.69 Å². The van der Waals surface area contributed by atoms with Gasteiger partial charge in [-0.1, -0.05) is 60.7 Å². The van der Waals surface area contributed by atoms with Crippen LogP contribution in [0.2, 0.25) is 0 Å². The van der Waals surface area contributed by atoms with Crippen molar-refractivity contribution < 1.29 is 23.6 Å². The molecule has 1 aliphatic heterocycles. The molecule has 2 aromatic carbocycles. The van der Waals surface area contributed by atoms with Crippen LogP contribution in [0.15, 0.2) is 77.5 Å². The number of aromatic nitrogens is 3. The third-order valence-corrected chi connectivity index (χ3v) is 7.43. The molecule has 4 amide bonds. The highest BCUT2D eigenvalue weighted by atomic mass is 16.3. The fraction of sp³-hybridized carbons (Fsp3) is 0.303. The molecule has 12 nitrogen and oxygen atoms in total. The Hall–Kier alpha value is -5.39. The summed E-state index contributed by atoms with van der Waals surface area (Å²) in [6, 6.07) is 16.2. The highest BCUT2D eigenvalue weighted by Gasteiger charge is 2.28. The van der Waals surface area contributed by atoms with Crippen LogP contribution in [0, 0.1) is 6.92 Å². The SMILES string of the molecule is Cc1ncc(C(=O)N[C@H]2CCCCNC(=O)[C@H](Cc3ccccc3)NC(=O)c3coc(n3)[C@H](C)NC2=O)c(-c2ccccc2)n1. The van der Waals surface area contributed by atoms with Crippen LogP contribution in [0.25, 0.3) is 11.3 Å². The van der Waals surface area contributed by atoms with Crippen LogP contribution < -0.4 is 21.3 Å². The second kappa shape index (κ2) is 14.4. The Labute approximate surface area is 260 Å². The Morgan fingerprint density at radius 1 is 0.956 bits per heavy atom. The number of fused-ring (bicyclic) bond motifs is 2. The van der Waals surface area contributed by atoms with Gasteiger partial charge >= 0.3 is 0 Å². The normalized spacial score (nSPS) is 19.6. The molecule has 0 saturated heterocycles. The Morgan fingerprint density at radius 2 is 1.69 bits per heavy atom. The maximum Gasteiger partial charge on any atom is 0.273 e. The quantitative estimate of drug-likeness (QED) is 0.268. The maximum absolute atomic E-state index is 13.6. The number of nitrogens with one attached hydrogen (secondary N) is 4. The van der Waals surface area contributed by atoms with E-state index in [1.165, 1.54) is 12.5 Å². The van der Waals surface area contributed by atoms with Crippen molar-refractivity contribution in [3.63, 3.8) is 0 Å². The van der Waals surface area contributed by atoms with E-state index in [2.05, 4.69) is 36.2 Å². The van der Waals surface area contributed by atoms with Crippen LogP contribution >= 0.6 is 0 Å². The van der Waals surface area contributed by atoms with Gasteiger partial charge in [-0.05, 0) is 38.7 Å². The molecular weight excluding hydrogens is 574 g/mol. The summed E-state index contributed by atoms with van der Waals surface area (Å²) in [5, 5.41) is 11.3. The predicted molar refractivity (Wildman–Crippen MR) is 165 cm³/mol. The lowest BCUT2D eigenvalue weighted by atomic mass is 10.0. The molecule has 0 radical (unpaired) electrons. The monoisotopic (exact) mass is 609 g/mol. The van der Waals surface area contributed by atoms with Crippen molar-refractivity contribution in [2.75, 3.05) is 6.54 Å². The first-order valence-corrected chi connectivity index (χ1v) is 14.9. The zero-order chi connectivity index (χ0) is 31.8. The van der Waals surface area contributed by atoms with E-state index in [0.717, 1.165) is 11.1 Å². The van der Waals surface area contributed by atoms with Crippen LogP contribution in [0.1, 0.15) is 70.4 Å². The third-order valence-electron chi connectivity index (χ3n) is 7.43. The Bertz CT molecular complexity index is 1660. The van der Waals surface area contributed by atoms with Crippen LogP contribution in [-0.2, 0) is 16.0 Å². The average molecular weight is 610 g/mol. The molecule has 3 atom stereocenters. The van der Waals surface area contributed by atoms with E-state index < -0.39 is 35.8 Å². The molecule has 0 spiro atoms. The molecule has 12 heteroatoms. The Kier molecular flexibility index (Phi) is 9.93. The first kappa shape index (κ1) is 31.0. The van der Waals surface area contributed by atoms with Crippen molar-refractivity contribution in [2.45, 2.75) is 57.7 Å². The summed E-state index contributed by atoms with van der Waals surface area (Å²) in [5.74, 6) is -1.25. The van der Waals surface area contributed by atoms with Crippen molar-refractivity contribution in [3.05, 3.63) is 102 Å². The summed E-state index contributed by atoms with van der Waals surface area (Å²) < 4.78 is 5.52. The van der Waals surface area contributed by atoms with E-state index in [1.807, 2.05) is 60.7 Å². The van der Waals surface area contributed by atoms with E-state index in [0.29, 0.717) is 37.3 Å². The molecule has 0 fully saturated rings. The number of carbonyl (C=O) groups excluding carboxylic acids is 4. The van der Waals surface area contributed by atoms with Crippen molar-refractivity contribution in [1.29, 1.82) is 0 Å². The van der Waals surface area contributed by atoms with Gasteiger partial charge in [0.25, 0.3) is 11.8 Å². The minimum atomic E-state index is -0.919. The summed E-state index contributed by atoms with van der Waals surface area (Å²) >= 11 is 0. The zero-order valence-corrected chi connectivity index (χ0v) is 25.1. The number of benzene rings is 2. The van der Waals surface area contributed by atoms with E-state index in [1.54, 1.807) is 13.8 Å². The first-order valence-electron chi connectivity index (χ1n) is 14.9. The third kappa shape index (κ3) is 7.96. The number of rotatable bonds is 5. The highest BCUT2D eigenvalue weighted by molar-refractivity contribution is 6.02. The summed E-state index contributed by atoms with van der Waals surface area (Å²) in [4.78, 5) is 66.2. The number of carbonyl (C=O) groups is 4. The predicted octanol–water partition coefficient (Wildman–Crippen LogP) is 3.06. The fourth-order valence-corrected chi connectivity index (χ4v) is 5.02. The molecule has 4 aromatic rings. The summed E-state index contributed by atoms with van der Waals surface area (Å²) in [5.41, 5.74) is 2.30. The number of oxazole rings is 1. The Morgan fingerprint density at radius 3 is 2.44 bits per heavy atom. The maximum atomic E-state index is 13.6. The number of aryl methyl sites for hydroxylation is 1. The van der Waals surface area contributed by atoms with Gasteiger partial charge in [0, 0.05) is 24.7 Å². The molecule has 0 unspecified atom stereocenters. The summed E-state index contributed by atoms with van der Waals surface area (Å²) in [7, 11) is 0. The molecule has 45 heavy (non-hydrogen) atoms. The number of amides is 4. The van der Waals surface area contributed by atoms with Gasteiger partial charge in [-0.2, -0.15) is 0 Å². The first-order chi connectivity index (χ1) is 21.8. The van der Waals surface area contributed by atoms with Crippen LogP contribution in [-0.4, -0.2) is 57.2 Å². The molecule has 4 N–H and O–H groups in total. The lowest BCUT2D eigenvalue weighted by molar-refractivity contribution is -0.124. The zero-order valence-electron chi connectivity index (χ0n) is 25.1. The fourth-order valence-electron chi connectivity index (χ4n) is 5.02. The molecule has 0 saturated carbocycles. The van der Waals surface area contributed by atoms with Gasteiger partial charge in [-0.25, -0.2) is 15.0 Å². The molecule has 1 aliphatic rings. The van der Waals surface area contributed by atoms with E-state index >= 15 is 0 Å². The largest absolute Gasteiger partial charge is 0.446 e. The molecule has 2 aromatic heterocycles. The van der Waals surface area contributed by atoms with Crippen LogP contribution in [0.4, 0.5) is 0 Å². The summed E-state index contributed by atoms with van der Waals surface area (Å²) in [6.07, 6.45) is 4.28. The van der Waals surface area contributed by atoms with Crippen molar-refractivity contribution in [2.24, 2.45) is 0 Å². The van der Waals surface area contributed by atoms with Gasteiger partial charge in [0.1, 0.15) is 30.2 Å². The number of hydrogen-bond donors (Lipinski definition) is 4. The van der Waals surface area contributed by atoms with Gasteiger partial charge in [-0.3, -0.25) is 19.2 Å². The van der Waals surface area contributed by atoms with Crippen LogP contribution in [0.5, 0.6) is 0 Å². The second-order valence-electron chi connectivity index (χ2n) is 10.9. The number of nitrogens with zero attached hydrogens (tertiary/aromatic N) is 3. The molecular formula is C33H35N7O5. The van der Waals surface area contributed by atoms with Gasteiger partial charge in [0.05, 0.1) is 11.3 Å². The van der Waals surface area contributed by atoms with E-state index in [-0.39, 0.29) is 29.5 Å². The van der Waals surface area contributed by atoms with Crippen molar-refractivity contribution in [1.82, 2.24) is 36.2 Å². The van der Waals surface area contributed by atoms with Gasteiger partial charge < -0.3 is 25.7 Å². The molecule has 5 rings (SSSR count). The topological polar surface area (TPSA) is 168 Å². The summed E-state index contributed by atoms with van der Waals surface area (Å²) in [6.45, 7) is 3.72. The lowest BCUT2D eigenvalue weighted by Gasteiger charge is -2.21. The highest BCUT2D eigenvalue weighted by Crippen LogP contribution is 2.22. The smallest absolute Gasteiger partial charge is 0.273 e. The van der Waals surface area contributed by atoms with Gasteiger partial charge in [0.2, 0.25) is 17.7 Å². The lowest BCUT2D eigenvalue weighted by Crippen LogP contribution is -2.49. The second-order valence-corrected chi connectivity index (χ2v) is 10.9. The minimum Gasteiger partial charge on any atom is -0.446 e. The van der Waals surface area contributed by atoms with Crippen molar-refractivity contribution in [3.8, 4) is 11.3 Å². The van der Waals surface area contributed by atoms with E-state index in [4.69, 9.17) is 4.42 Å². The van der Waals surface area contributed by atoms with Crippen molar-refractivity contribution >= 4 is 23.6 Å². The minimum absolute atomic E-state index is 0.0262. The number of hydrogen-bond acceptors (Lipinski definition) is 8. The molecule has 0 aliphatic carbocycles. The Balaban J connectivity index is 1.36. The average Bonchev–Trinajstić information content (AvgIpc) is 3.55. The van der Waals surface area contributed by atoms with Crippen LogP contribution in [0.3, 0.4) is 0 Å². The van der Waals surface area contributed by atoms with E-state index in [9.17, 15) is 19.2 Å². The molecule has 2 bridgehead atoms. The molecule has 3 heterocycles.